The maximum absolute atomic E-state index is 13.3. The van der Waals surface area contributed by atoms with Crippen LogP contribution in [0.3, 0.4) is 0 Å². The fraction of sp³-hybridized carbons (Fsp3) is 0.300. The molecule has 3 aromatic rings. The highest BCUT2D eigenvalue weighted by atomic mass is 35.5. The number of β-amino-alcohol motifs (C(OH)–C–C–N with tert-alkyl or cyclic N) is 1. The predicted molar refractivity (Wildman–Crippen MR) is 114 cm³/mol. The van der Waals surface area contributed by atoms with E-state index in [2.05, 4.69) is 25.8 Å². The molecule has 0 aliphatic carbocycles. The van der Waals surface area contributed by atoms with Crippen LogP contribution < -0.4 is 15.5 Å². The number of amides is 1. The first-order chi connectivity index (χ1) is 17.2. The van der Waals surface area contributed by atoms with Crippen LogP contribution in [0.4, 0.5) is 26.3 Å². The Morgan fingerprint density at radius 2 is 1.92 bits per heavy atom. The van der Waals surface area contributed by atoms with Crippen molar-refractivity contribution < 1.29 is 41.0 Å². The number of hydrogen-bond acceptors (Lipinski definition) is 8. The molecular weight excluding hydrogens is 536 g/mol. The van der Waals surface area contributed by atoms with Crippen LogP contribution in [0, 0.1) is 0 Å². The molecule has 4 heterocycles. The van der Waals surface area contributed by atoms with E-state index in [1.165, 1.54) is 42.5 Å². The standard InChI is InChI=1S/C20H16ClF6N7O3/c1-37-17-11(5-10(21)6-29-17)14-13(31-16(35)12-7-30-34-4-2-3-28-15(12)34)8-33(32-14)9-18(36,19(22,23)24)20(25,26)27/h2-8,14,32,36H,9H2,1H3,(H,31,35). The van der Waals surface area contributed by atoms with Crippen molar-refractivity contribution in [2.75, 3.05) is 13.7 Å². The van der Waals surface area contributed by atoms with Gasteiger partial charge in [-0.25, -0.2) is 19.9 Å². The SMILES string of the molecule is COc1ncc(Cl)cc1C1NN(CC(O)(C(F)(F)F)C(F)(F)F)C=C1NC(=O)c1cnn2cccnc12. The van der Waals surface area contributed by atoms with Crippen LogP contribution in [0.15, 0.2) is 48.8 Å². The third-order valence-electron chi connectivity index (χ3n) is 5.37. The molecule has 0 spiro atoms. The zero-order chi connectivity index (χ0) is 27.2. The number of aromatic nitrogens is 4. The average Bonchev–Trinajstić information content (AvgIpc) is 3.41. The third kappa shape index (κ3) is 4.86. The van der Waals surface area contributed by atoms with Gasteiger partial charge in [0.2, 0.25) is 5.88 Å². The molecule has 3 N–H and O–H groups in total. The monoisotopic (exact) mass is 551 g/mol. The minimum Gasteiger partial charge on any atom is -0.481 e. The fourth-order valence-electron chi connectivity index (χ4n) is 3.54. The molecular formula is C20H16ClF6N7O3. The number of carbonyl (C=O) groups excluding carboxylic acids is 1. The molecule has 0 bridgehead atoms. The van der Waals surface area contributed by atoms with Crippen molar-refractivity contribution in [3.63, 3.8) is 0 Å². The number of nitrogens with zero attached hydrogens (tertiary/aromatic N) is 5. The van der Waals surface area contributed by atoms with Crippen molar-refractivity contribution in [3.05, 3.63) is 65.0 Å². The Balaban J connectivity index is 1.73. The summed E-state index contributed by atoms with van der Waals surface area (Å²) >= 11 is 5.99. The van der Waals surface area contributed by atoms with E-state index in [4.69, 9.17) is 16.3 Å². The van der Waals surface area contributed by atoms with Gasteiger partial charge >= 0.3 is 12.4 Å². The molecule has 0 saturated heterocycles. The summed E-state index contributed by atoms with van der Waals surface area (Å²) in [6, 6.07) is 1.57. The predicted octanol–water partition coefficient (Wildman–Crippen LogP) is 2.77. The largest absolute Gasteiger partial charge is 0.481 e. The zero-order valence-corrected chi connectivity index (χ0v) is 19.2. The highest BCUT2D eigenvalue weighted by Gasteiger charge is 2.71. The molecule has 0 radical (unpaired) electrons. The number of rotatable bonds is 6. The number of hydrogen-bond donors (Lipinski definition) is 3. The summed E-state index contributed by atoms with van der Waals surface area (Å²) in [5, 5.41) is 16.5. The summed E-state index contributed by atoms with van der Waals surface area (Å²) in [7, 11) is 1.23. The highest BCUT2D eigenvalue weighted by Crippen LogP contribution is 2.44. The van der Waals surface area contributed by atoms with Crippen molar-refractivity contribution in [1.82, 2.24) is 35.3 Å². The number of halogens is 7. The van der Waals surface area contributed by atoms with E-state index in [-0.39, 0.29) is 33.4 Å². The van der Waals surface area contributed by atoms with Crippen molar-refractivity contribution in [1.29, 1.82) is 0 Å². The van der Waals surface area contributed by atoms with Gasteiger partial charge in [0.25, 0.3) is 11.5 Å². The Bertz CT molecular complexity index is 1350. The normalized spacial score (nSPS) is 16.7. The summed E-state index contributed by atoms with van der Waals surface area (Å²) in [5.41, 5.74) is -2.72. The van der Waals surface area contributed by atoms with Gasteiger partial charge in [-0.05, 0) is 12.1 Å². The topological polar surface area (TPSA) is 117 Å². The van der Waals surface area contributed by atoms with Gasteiger partial charge in [0.1, 0.15) is 5.56 Å². The lowest BCUT2D eigenvalue weighted by Gasteiger charge is -2.35. The maximum Gasteiger partial charge on any atom is 0.428 e. The van der Waals surface area contributed by atoms with Crippen LogP contribution in [0.25, 0.3) is 5.65 Å². The van der Waals surface area contributed by atoms with Crippen molar-refractivity contribution in [2.45, 2.75) is 24.0 Å². The Labute approximate surface area is 208 Å². The molecule has 1 unspecified atom stereocenters. The molecule has 4 rings (SSSR count). The minimum atomic E-state index is -6.07. The Hall–Kier alpha value is -3.63. The maximum atomic E-state index is 13.3. The van der Waals surface area contributed by atoms with E-state index in [9.17, 15) is 36.2 Å². The van der Waals surface area contributed by atoms with Gasteiger partial charge in [-0.3, -0.25) is 4.79 Å². The number of ether oxygens (including phenoxy) is 1. The number of carbonyl (C=O) groups is 1. The zero-order valence-electron chi connectivity index (χ0n) is 18.5. The lowest BCUT2D eigenvalue weighted by Crippen LogP contribution is -2.63. The van der Waals surface area contributed by atoms with Crippen molar-refractivity contribution in [3.8, 4) is 5.88 Å². The van der Waals surface area contributed by atoms with E-state index < -0.39 is 36.4 Å². The van der Waals surface area contributed by atoms with Crippen LogP contribution in [0.5, 0.6) is 5.88 Å². The Morgan fingerprint density at radius 3 is 2.57 bits per heavy atom. The summed E-state index contributed by atoms with van der Waals surface area (Å²) in [5.74, 6) is -0.895. The molecule has 0 saturated carbocycles. The quantitative estimate of drug-likeness (QED) is 0.401. The number of methoxy groups -OCH3 is 1. The van der Waals surface area contributed by atoms with E-state index in [0.717, 1.165) is 6.20 Å². The van der Waals surface area contributed by atoms with Gasteiger partial charge in [0.15, 0.2) is 5.65 Å². The fourth-order valence-corrected chi connectivity index (χ4v) is 3.71. The molecule has 1 atom stereocenters. The molecule has 1 aliphatic rings. The number of aliphatic hydroxyl groups is 1. The molecule has 0 aromatic carbocycles. The van der Waals surface area contributed by atoms with Crippen LogP contribution in [-0.4, -0.2) is 67.2 Å². The Kier molecular flexibility index (Phi) is 6.68. The van der Waals surface area contributed by atoms with Crippen LogP contribution in [-0.2, 0) is 0 Å². The van der Waals surface area contributed by atoms with Crippen LogP contribution in [0.2, 0.25) is 5.02 Å². The average molecular weight is 552 g/mol. The van der Waals surface area contributed by atoms with Gasteiger partial charge in [0.05, 0.1) is 36.6 Å². The first-order valence-electron chi connectivity index (χ1n) is 10.1. The Morgan fingerprint density at radius 1 is 1.22 bits per heavy atom. The van der Waals surface area contributed by atoms with Gasteiger partial charge < -0.3 is 20.2 Å². The lowest BCUT2D eigenvalue weighted by molar-refractivity contribution is -0.370. The first kappa shape index (κ1) is 26.4. The molecule has 1 amide bonds. The molecule has 10 nitrogen and oxygen atoms in total. The third-order valence-corrected chi connectivity index (χ3v) is 5.58. The second-order valence-electron chi connectivity index (χ2n) is 7.78. The number of hydrazine groups is 1. The van der Waals surface area contributed by atoms with Gasteiger partial charge in [-0.2, -0.15) is 31.4 Å². The smallest absolute Gasteiger partial charge is 0.428 e. The summed E-state index contributed by atoms with van der Waals surface area (Å²) < 4.78 is 86.3. The molecule has 37 heavy (non-hydrogen) atoms. The van der Waals surface area contributed by atoms with Crippen LogP contribution in [0.1, 0.15) is 22.0 Å². The highest BCUT2D eigenvalue weighted by molar-refractivity contribution is 6.30. The number of fused-ring (bicyclic) bond motifs is 1. The molecule has 0 fully saturated rings. The molecule has 3 aromatic heterocycles. The number of alkyl halides is 6. The summed E-state index contributed by atoms with van der Waals surface area (Å²) in [6.07, 6.45) is -6.06. The lowest BCUT2D eigenvalue weighted by atomic mass is 10.0. The van der Waals surface area contributed by atoms with Gasteiger partial charge in [0, 0.05) is 30.4 Å². The number of pyridine rings is 1. The van der Waals surface area contributed by atoms with Gasteiger partial charge in [-0.1, -0.05) is 11.6 Å². The van der Waals surface area contributed by atoms with E-state index >= 15 is 0 Å². The minimum absolute atomic E-state index is 0.0306. The van der Waals surface area contributed by atoms with E-state index in [0.29, 0.717) is 5.01 Å². The number of nitrogens with one attached hydrogen (secondary N) is 2. The van der Waals surface area contributed by atoms with Crippen molar-refractivity contribution in [2.24, 2.45) is 0 Å². The summed E-state index contributed by atoms with van der Waals surface area (Å²) in [6.45, 7) is -2.00. The van der Waals surface area contributed by atoms with E-state index in [1.54, 1.807) is 6.07 Å². The summed E-state index contributed by atoms with van der Waals surface area (Å²) in [4.78, 5) is 21.0. The first-order valence-corrected chi connectivity index (χ1v) is 10.5. The van der Waals surface area contributed by atoms with Gasteiger partial charge in [-0.15, -0.1) is 0 Å². The molecule has 1 aliphatic heterocycles. The second kappa shape index (κ2) is 9.35. The molecule has 198 valence electrons. The van der Waals surface area contributed by atoms with Crippen molar-refractivity contribution >= 4 is 23.2 Å². The van der Waals surface area contributed by atoms with Crippen LogP contribution >= 0.6 is 11.6 Å². The van der Waals surface area contributed by atoms with E-state index in [1.807, 2.05) is 0 Å². The molecule has 17 heteroatoms. The second-order valence-corrected chi connectivity index (χ2v) is 8.22.